The number of methoxy groups -OCH3 is 1. The minimum Gasteiger partial charge on any atom is -0.497 e. The fourth-order valence-electron chi connectivity index (χ4n) is 3.04. The van der Waals surface area contributed by atoms with Crippen molar-refractivity contribution >= 4 is 22.6 Å². The molecule has 0 fully saturated rings. The summed E-state index contributed by atoms with van der Waals surface area (Å²) in [6, 6.07) is 6.78. The van der Waals surface area contributed by atoms with Gasteiger partial charge in [0.05, 0.1) is 13.7 Å². The van der Waals surface area contributed by atoms with E-state index < -0.39 is 23.7 Å². The van der Waals surface area contributed by atoms with Gasteiger partial charge in [0.25, 0.3) is 5.56 Å². The normalized spacial score (nSPS) is 10.8. The molecular formula is C20H22N4O5. The summed E-state index contributed by atoms with van der Waals surface area (Å²) < 4.78 is 12.9. The number of amides is 1. The summed E-state index contributed by atoms with van der Waals surface area (Å²) in [5, 5.41) is 2.83. The third kappa shape index (κ3) is 3.84. The van der Waals surface area contributed by atoms with Gasteiger partial charge in [0.15, 0.2) is 5.65 Å². The van der Waals surface area contributed by atoms with E-state index in [9.17, 15) is 14.4 Å². The van der Waals surface area contributed by atoms with Crippen molar-refractivity contribution in [2.45, 2.75) is 20.4 Å². The molecule has 1 aromatic carbocycles. The van der Waals surface area contributed by atoms with Gasteiger partial charge in [-0.1, -0.05) is 6.07 Å². The number of rotatable bonds is 6. The molecule has 0 aliphatic rings. The zero-order valence-electron chi connectivity index (χ0n) is 16.7. The Morgan fingerprint density at radius 3 is 2.72 bits per heavy atom. The smallest absolute Gasteiger partial charge is 0.332 e. The summed E-state index contributed by atoms with van der Waals surface area (Å²) in [5.74, 6) is 0.417. The summed E-state index contributed by atoms with van der Waals surface area (Å²) in [5.41, 5.74) is 0.110. The standard InChI is InChI=1S/C20H22N4O5/c1-5-29-17-12(2)10-21-18-16(17)19(26)24(20(27)23(18)3)11-15(25)22-13-7-6-8-14(9-13)28-4/h6-10H,5,11H2,1-4H3,(H,22,25). The van der Waals surface area contributed by atoms with Crippen molar-refractivity contribution in [2.24, 2.45) is 7.05 Å². The number of fused-ring (bicyclic) bond motifs is 1. The summed E-state index contributed by atoms with van der Waals surface area (Å²) in [6.07, 6.45) is 1.55. The third-order valence-corrected chi connectivity index (χ3v) is 4.43. The fraction of sp³-hybridized carbons (Fsp3) is 0.300. The molecule has 9 nitrogen and oxygen atoms in total. The van der Waals surface area contributed by atoms with E-state index in [-0.39, 0.29) is 11.0 Å². The topological polar surface area (TPSA) is 104 Å². The molecule has 152 valence electrons. The molecule has 2 heterocycles. The van der Waals surface area contributed by atoms with Crippen LogP contribution < -0.4 is 26.0 Å². The first-order valence-electron chi connectivity index (χ1n) is 9.03. The van der Waals surface area contributed by atoms with Crippen LogP contribution in [0.1, 0.15) is 12.5 Å². The molecule has 0 radical (unpaired) electrons. The minimum absolute atomic E-state index is 0.170. The Labute approximate surface area is 166 Å². The highest BCUT2D eigenvalue weighted by atomic mass is 16.5. The van der Waals surface area contributed by atoms with Gasteiger partial charge >= 0.3 is 5.69 Å². The number of nitrogens with one attached hydrogen (secondary N) is 1. The van der Waals surface area contributed by atoms with Crippen molar-refractivity contribution in [3.8, 4) is 11.5 Å². The van der Waals surface area contributed by atoms with E-state index in [1.807, 2.05) is 0 Å². The van der Waals surface area contributed by atoms with E-state index >= 15 is 0 Å². The molecule has 0 atom stereocenters. The Morgan fingerprint density at radius 2 is 2.03 bits per heavy atom. The van der Waals surface area contributed by atoms with E-state index in [4.69, 9.17) is 9.47 Å². The van der Waals surface area contributed by atoms with Crippen LogP contribution in [-0.4, -0.2) is 33.7 Å². The lowest BCUT2D eigenvalue weighted by atomic mass is 10.2. The number of anilines is 1. The van der Waals surface area contributed by atoms with Crippen molar-refractivity contribution in [3.63, 3.8) is 0 Å². The number of benzene rings is 1. The van der Waals surface area contributed by atoms with Crippen LogP contribution >= 0.6 is 0 Å². The second kappa shape index (κ2) is 8.17. The lowest BCUT2D eigenvalue weighted by Crippen LogP contribution is -2.42. The van der Waals surface area contributed by atoms with Gasteiger partial charge in [-0.05, 0) is 26.0 Å². The number of carbonyl (C=O) groups is 1. The first kappa shape index (κ1) is 20.1. The largest absolute Gasteiger partial charge is 0.497 e. The Balaban J connectivity index is 2.05. The number of ether oxygens (including phenoxy) is 2. The second-order valence-electron chi connectivity index (χ2n) is 6.41. The van der Waals surface area contributed by atoms with Crippen LogP contribution in [0.5, 0.6) is 11.5 Å². The molecule has 3 aromatic rings. The molecule has 0 spiro atoms. The molecular weight excluding hydrogens is 376 g/mol. The predicted octanol–water partition coefficient (Wildman–Crippen LogP) is 1.45. The zero-order valence-corrected chi connectivity index (χ0v) is 16.7. The average molecular weight is 398 g/mol. The van der Waals surface area contributed by atoms with Crippen LogP contribution in [0.25, 0.3) is 11.0 Å². The summed E-state index contributed by atoms with van der Waals surface area (Å²) >= 11 is 0. The summed E-state index contributed by atoms with van der Waals surface area (Å²) in [4.78, 5) is 42.5. The van der Waals surface area contributed by atoms with Crippen molar-refractivity contribution in [3.05, 3.63) is 56.9 Å². The zero-order chi connectivity index (χ0) is 21.1. The number of hydrogen-bond donors (Lipinski definition) is 1. The van der Waals surface area contributed by atoms with E-state index in [2.05, 4.69) is 10.3 Å². The molecule has 0 aliphatic heterocycles. The van der Waals surface area contributed by atoms with Crippen molar-refractivity contribution in [2.75, 3.05) is 19.0 Å². The third-order valence-electron chi connectivity index (χ3n) is 4.43. The van der Waals surface area contributed by atoms with Gasteiger partial charge in [-0.25, -0.2) is 14.3 Å². The number of carbonyl (C=O) groups excluding carboxylic acids is 1. The van der Waals surface area contributed by atoms with Gasteiger partial charge in [-0.3, -0.25) is 14.2 Å². The molecule has 0 saturated heterocycles. The maximum Gasteiger partial charge on any atom is 0.332 e. The van der Waals surface area contributed by atoms with E-state index in [1.54, 1.807) is 44.3 Å². The van der Waals surface area contributed by atoms with Gasteiger partial charge in [0.2, 0.25) is 5.91 Å². The van der Waals surface area contributed by atoms with E-state index in [0.717, 1.165) is 4.57 Å². The molecule has 0 aliphatic carbocycles. The molecule has 0 saturated carbocycles. The van der Waals surface area contributed by atoms with Gasteiger partial charge in [0, 0.05) is 30.6 Å². The Bertz CT molecular complexity index is 1200. The van der Waals surface area contributed by atoms with Crippen molar-refractivity contribution < 1.29 is 14.3 Å². The maximum absolute atomic E-state index is 13.1. The molecule has 9 heteroatoms. The SMILES string of the molecule is CCOc1c(C)cnc2c1c(=O)n(CC(=O)Nc1cccc(OC)c1)c(=O)n2C. The molecule has 1 N–H and O–H groups in total. The van der Waals surface area contributed by atoms with E-state index in [0.29, 0.717) is 29.4 Å². The van der Waals surface area contributed by atoms with Gasteiger partial charge in [0.1, 0.15) is 23.4 Å². The summed E-state index contributed by atoms with van der Waals surface area (Å²) in [7, 11) is 3.02. The average Bonchev–Trinajstić information content (AvgIpc) is 2.71. The van der Waals surface area contributed by atoms with Crippen LogP contribution in [0.4, 0.5) is 5.69 Å². The van der Waals surface area contributed by atoms with Crippen LogP contribution in [0.2, 0.25) is 0 Å². The second-order valence-corrected chi connectivity index (χ2v) is 6.41. The highest BCUT2D eigenvalue weighted by Crippen LogP contribution is 2.24. The molecule has 1 amide bonds. The lowest BCUT2D eigenvalue weighted by molar-refractivity contribution is -0.116. The maximum atomic E-state index is 13.1. The fourth-order valence-corrected chi connectivity index (χ4v) is 3.04. The first-order chi connectivity index (χ1) is 13.9. The molecule has 0 bridgehead atoms. The highest BCUT2D eigenvalue weighted by molar-refractivity contribution is 5.91. The van der Waals surface area contributed by atoms with Crippen molar-refractivity contribution in [1.29, 1.82) is 0 Å². The Kier molecular flexibility index (Phi) is 5.67. The number of aryl methyl sites for hydroxylation is 2. The monoisotopic (exact) mass is 398 g/mol. The quantitative estimate of drug-likeness (QED) is 0.674. The Hall–Kier alpha value is -3.62. The first-order valence-corrected chi connectivity index (χ1v) is 9.03. The highest BCUT2D eigenvalue weighted by Gasteiger charge is 2.19. The number of nitrogens with zero attached hydrogens (tertiary/aromatic N) is 3. The predicted molar refractivity (Wildman–Crippen MR) is 109 cm³/mol. The van der Waals surface area contributed by atoms with Gasteiger partial charge in [-0.15, -0.1) is 0 Å². The molecule has 2 aromatic heterocycles. The van der Waals surface area contributed by atoms with E-state index in [1.165, 1.54) is 18.7 Å². The van der Waals surface area contributed by atoms with Crippen LogP contribution in [0.3, 0.4) is 0 Å². The molecule has 3 rings (SSSR count). The summed E-state index contributed by atoms with van der Waals surface area (Å²) in [6.45, 7) is 3.46. The number of aromatic nitrogens is 3. The molecule has 0 unspecified atom stereocenters. The number of pyridine rings is 1. The molecule has 29 heavy (non-hydrogen) atoms. The Morgan fingerprint density at radius 1 is 1.28 bits per heavy atom. The van der Waals surface area contributed by atoms with Crippen LogP contribution in [-0.2, 0) is 18.4 Å². The van der Waals surface area contributed by atoms with Gasteiger partial charge < -0.3 is 14.8 Å². The lowest BCUT2D eigenvalue weighted by Gasteiger charge is -2.14. The minimum atomic E-state index is -0.637. The van der Waals surface area contributed by atoms with Crippen LogP contribution in [0, 0.1) is 6.92 Å². The van der Waals surface area contributed by atoms with Gasteiger partial charge in [-0.2, -0.15) is 0 Å². The van der Waals surface area contributed by atoms with Crippen LogP contribution in [0.15, 0.2) is 40.1 Å². The van der Waals surface area contributed by atoms with Crippen molar-refractivity contribution in [1.82, 2.24) is 14.1 Å². The number of hydrogen-bond acceptors (Lipinski definition) is 6.